The molecule has 2 nitrogen and oxygen atoms in total. The van der Waals surface area contributed by atoms with Gasteiger partial charge in [-0.05, 0) is 49.3 Å². The zero-order chi connectivity index (χ0) is 20.2. The highest BCUT2D eigenvalue weighted by atomic mass is 15.1. The van der Waals surface area contributed by atoms with Gasteiger partial charge in [-0.15, -0.1) is 0 Å². The van der Waals surface area contributed by atoms with Gasteiger partial charge in [-0.1, -0.05) is 67.8 Å². The molecule has 0 spiro atoms. The summed E-state index contributed by atoms with van der Waals surface area (Å²) in [5, 5.41) is 2.49. The van der Waals surface area contributed by atoms with Crippen LogP contribution >= 0.6 is 0 Å². The van der Waals surface area contributed by atoms with Crippen molar-refractivity contribution in [3.8, 4) is 0 Å². The van der Waals surface area contributed by atoms with Gasteiger partial charge in [0, 0.05) is 45.9 Å². The Bertz CT molecular complexity index is 1160. The minimum Gasteiger partial charge on any atom is -0.344 e. The van der Waals surface area contributed by atoms with Crippen LogP contribution in [0.3, 0.4) is 0 Å². The van der Waals surface area contributed by atoms with Crippen molar-refractivity contribution in [3.05, 3.63) is 116 Å². The van der Waals surface area contributed by atoms with Crippen molar-refractivity contribution >= 4 is 27.5 Å². The number of nitrogens with zero attached hydrogens (tertiary/aromatic N) is 2. The number of rotatable bonds is 1. The van der Waals surface area contributed by atoms with Gasteiger partial charge in [0.15, 0.2) is 0 Å². The summed E-state index contributed by atoms with van der Waals surface area (Å²) in [6, 6.07) is 15.1. The molecule has 0 fully saturated rings. The molecule has 0 radical (unpaired) electrons. The van der Waals surface area contributed by atoms with E-state index < -0.39 is 0 Å². The first-order valence-electron chi connectivity index (χ1n) is 9.98. The Hall–Kier alpha value is -3.52. The third kappa shape index (κ3) is 3.74. The van der Waals surface area contributed by atoms with E-state index in [2.05, 4.69) is 96.4 Å². The van der Waals surface area contributed by atoms with Crippen LogP contribution in [0.2, 0.25) is 0 Å². The van der Waals surface area contributed by atoms with Crippen molar-refractivity contribution in [2.75, 3.05) is 4.90 Å². The summed E-state index contributed by atoms with van der Waals surface area (Å²) in [7, 11) is 2.12. The Morgan fingerprint density at radius 1 is 0.724 bits per heavy atom. The first-order chi connectivity index (χ1) is 14.2. The van der Waals surface area contributed by atoms with Crippen molar-refractivity contribution in [1.29, 1.82) is 0 Å². The molecule has 0 saturated heterocycles. The summed E-state index contributed by atoms with van der Waals surface area (Å²) in [4.78, 5) is 2.10. The normalized spacial score (nSPS) is 20.1. The molecule has 2 aromatic carbocycles. The van der Waals surface area contributed by atoms with Crippen LogP contribution in [-0.4, -0.2) is 4.57 Å². The van der Waals surface area contributed by atoms with Crippen LogP contribution in [0, 0.1) is 0 Å². The second-order valence-corrected chi connectivity index (χ2v) is 7.25. The molecule has 1 aromatic heterocycles. The predicted octanol–water partition coefficient (Wildman–Crippen LogP) is 7.18. The van der Waals surface area contributed by atoms with Crippen LogP contribution in [0.15, 0.2) is 116 Å². The van der Waals surface area contributed by atoms with E-state index in [0.717, 1.165) is 29.9 Å². The van der Waals surface area contributed by atoms with Gasteiger partial charge in [0.2, 0.25) is 0 Å². The lowest BCUT2D eigenvalue weighted by Crippen LogP contribution is -2.18. The van der Waals surface area contributed by atoms with Gasteiger partial charge in [0.05, 0.1) is 0 Å². The van der Waals surface area contributed by atoms with Crippen molar-refractivity contribution in [2.45, 2.75) is 12.8 Å². The number of para-hydroxylation sites is 1. The summed E-state index contributed by atoms with van der Waals surface area (Å²) in [6.45, 7) is 8.62. The van der Waals surface area contributed by atoms with Crippen molar-refractivity contribution in [3.63, 3.8) is 0 Å². The Kier molecular flexibility index (Phi) is 5.35. The molecule has 1 aliphatic rings. The molecule has 2 heterocycles. The van der Waals surface area contributed by atoms with Crippen LogP contribution < -0.4 is 4.90 Å². The Labute approximate surface area is 172 Å². The smallest absolute Gasteiger partial charge is 0.0490 e. The topological polar surface area (TPSA) is 8.17 Å². The molecule has 3 aromatic rings. The van der Waals surface area contributed by atoms with Crippen LogP contribution in [0.4, 0.5) is 5.69 Å². The molecule has 0 bridgehead atoms. The summed E-state index contributed by atoms with van der Waals surface area (Å²) in [5.41, 5.74) is 5.27. The highest BCUT2D eigenvalue weighted by Crippen LogP contribution is 2.33. The second kappa shape index (κ2) is 8.24. The van der Waals surface area contributed by atoms with Crippen molar-refractivity contribution in [2.24, 2.45) is 7.05 Å². The molecule has 29 heavy (non-hydrogen) atoms. The quantitative estimate of drug-likeness (QED) is 0.435. The molecule has 4 rings (SSSR count). The maximum absolute atomic E-state index is 4.31. The second-order valence-electron chi connectivity index (χ2n) is 7.25. The monoisotopic (exact) mass is 378 g/mol. The predicted molar refractivity (Wildman–Crippen MR) is 127 cm³/mol. The minimum absolute atomic E-state index is 0.882. The zero-order valence-electron chi connectivity index (χ0n) is 16.9. The fraction of sp³-hybridized carbons (Fsp3) is 0.111. The van der Waals surface area contributed by atoms with Gasteiger partial charge in [0.25, 0.3) is 0 Å². The van der Waals surface area contributed by atoms with E-state index in [4.69, 9.17) is 0 Å². The van der Waals surface area contributed by atoms with Gasteiger partial charge < -0.3 is 9.47 Å². The molecular weight excluding hydrogens is 352 g/mol. The molecular formula is C27H26N2. The number of allylic oxidation sites excluding steroid dienone is 8. The minimum atomic E-state index is 0.882. The zero-order valence-corrected chi connectivity index (χ0v) is 16.9. The fourth-order valence-electron chi connectivity index (χ4n) is 3.84. The van der Waals surface area contributed by atoms with Crippen LogP contribution in [0.1, 0.15) is 12.8 Å². The molecule has 2 heteroatoms. The summed E-state index contributed by atoms with van der Waals surface area (Å²) >= 11 is 0. The first-order valence-corrected chi connectivity index (χ1v) is 9.98. The van der Waals surface area contributed by atoms with Crippen LogP contribution in [0.25, 0.3) is 21.8 Å². The average Bonchev–Trinajstić information content (AvgIpc) is 3.02. The number of anilines is 1. The molecule has 0 atom stereocenters. The number of hydrogen-bond acceptors (Lipinski definition) is 1. The van der Waals surface area contributed by atoms with E-state index in [1.807, 2.05) is 24.3 Å². The average molecular weight is 379 g/mol. The highest BCUT2D eigenvalue weighted by molar-refractivity contribution is 6.09. The Balaban J connectivity index is 1.84. The lowest BCUT2D eigenvalue weighted by atomic mass is 10.1. The first kappa shape index (κ1) is 18.8. The van der Waals surface area contributed by atoms with Crippen LogP contribution in [0.5, 0.6) is 0 Å². The number of aromatic nitrogens is 1. The molecule has 0 aliphatic carbocycles. The Morgan fingerprint density at radius 3 is 2.03 bits per heavy atom. The van der Waals surface area contributed by atoms with Gasteiger partial charge in [-0.2, -0.15) is 0 Å². The van der Waals surface area contributed by atoms with Gasteiger partial charge in [-0.25, -0.2) is 0 Å². The summed E-state index contributed by atoms with van der Waals surface area (Å²) in [6.07, 6.45) is 18.7. The fourth-order valence-corrected chi connectivity index (χ4v) is 3.84. The van der Waals surface area contributed by atoms with E-state index in [1.165, 1.54) is 21.8 Å². The molecule has 144 valence electrons. The van der Waals surface area contributed by atoms with Crippen molar-refractivity contribution in [1.82, 2.24) is 4.57 Å². The standard InChI is InChI=1S/C27H26N2/c1-21-14-10-8-6-4-5-7-9-11-15-22(2)29(21)23-18-19-27-25(20-23)24-16-12-13-17-26(24)28(27)3/h6-20H,1-2,4-5H2,3H3/b8-6-,9-7-,14-10-,15-11-. The highest BCUT2D eigenvalue weighted by Gasteiger charge is 2.14. The third-order valence-corrected chi connectivity index (χ3v) is 5.30. The lowest BCUT2D eigenvalue weighted by molar-refractivity contribution is 1.01. The number of fused-ring (bicyclic) bond motifs is 3. The molecule has 0 unspecified atom stereocenters. The number of aryl methyl sites for hydroxylation is 1. The van der Waals surface area contributed by atoms with E-state index in [-0.39, 0.29) is 0 Å². The maximum Gasteiger partial charge on any atom is 0.0490 e. The van der Waals surface area contributed by atoms with Gasteiger partial charge in [-0.3, -0.25) is 0 Å². The number of hydrogen-bond donors (Lipinski definition) is 0. The Morgan fingerprint density at radius 2 is 1.34 bits per heavy atom. The van der Waals surface area contributed by atoms with E-state index in [0.29, 0.717) is 0 Å². The summed E-state index contributed by atoms with van der Waals surface area (Å²) in [5.74, 6) is 0. The van der Waals surface area contributed by atoms with Crippen LogP contribution in [-0.2, 0) is 7.05 Å². The molecule has 0 saturated carbocycles. The third-order valence-electron chi connectivity index (χ3n) is 5.30. The molecule has 0 amide bonds. The summed E-state index contributed by atoms with van der Waals surface area (Å²) < 4.78 is 2.24. The van der Waals surface area contributed by atoms with E-state index in [1.54, 1.807) is 0 Å². The number of benzene rings is 2. The molecule has 0 N–H and O–H groups in total. The molecule has 1 aliphatic heterocycles. The largest absolute Gasteiger partial charge is 0.344 e. The SMILES string of the molecule is C=C1/C=C\C=C/CC/C=C\C=C/C(=C)N1c1ccc2c(c1)c1ccccc1n2C. The van der Waals surface area contributed by atoms with Gasteiger partial charge >= 0.3 is 0 Å². The van der Waals surface area contributed by atoms with Gasteiger partial charge in [0.1, 0.15) is 0 Å². The maximum atomic E-state index is 4.31. The lowest BCUT2D eigenvalue weighted by Gasteiger charge is -2.26. The van der Waals surface area contributed by atoms with Crippen molar-refractivity contribution < 1.29 is 0 Å². The van der Waals surface area contributed by atoms with E-state index in [9.17, 15) is 0 Å². The van der Waals surface area contributed by atoms with E-state index >= 15 is 0 Å².